The van der Waals surface area contributed by atoms with Crippen LogP contribution in [0.2, 0.25) is 0 Å². The second kappa shape index (κ2) is 7.45. The summed E-state index contributed by atoms with van der Waals surface area (Å²) >= 11 is 0. The minimum absolute atomic E-state index is 0.381. The van der Waals surface area contributed by atoms with E-state index in [1.54, 1.807) is 7.05 Å². The Balaban J connectivity index is 1.83. The van der Waals surface area contributed by atoms with Gasteiger partial charge in [0.05, 0.1) is 18.8 Å². The Kier molecular flexibility index (Phi) is 5.61. The molecule has 0 spiro atoms. The van der Waals surface area contributed by atoms with Crippen LogP contribution in [-0.2, 0) is 11.3 Å². The number of ether oxygens (including phenoxy) is 1. The van der Waals surface area contributed by atoms with Crippen LogP contribution in [0.25, 0.3) is 0 Å². The van der Waals surface area contributed by atoms with Crippen molar-refractivity contribution < 1.29 is 9.26 Å². The lowest BCUT2D eigenvalue weighted by atomic mass is 10.1. The molecule has 118 valence electrons. The van der Waals surface area contributed by atoms with E-state index < -0.39 is 0 Å². The Hall–Kier alpha value is -1.56. The summed E-state index contributed by atoms with van der Waals surface area (Å²) in [5.41, 5.74) is 0.984. The Morgan fingerprint density at radius 2 is 2.38 bits per heavy atom. The lowest BCUT2D eigenvalue weighted by molar-refractivity contribution is 0.181. The molecule has 1 aromatic rings. The fraction of sp³-hybridized carbons (Fsp3) is 0.733. The smallest absolute Gasteiger partial charge is 0.193 e. The highest BCUT2D eigenvalue weighted by Crippen LogP contribution is 2.15. The van der Waals surface area contributed by atoms with Gasteiger partial charge < -0.3 is 19.5 Å². The van der Waals surface area contributed by atoms with Crippen molar-refractivity contribution in [2.45, 2.75) is 32.7 Å². The number of rotatable bonds is 5. The molecule has 6 nitrogen and oxygen atoms in total. The van der Waals surface area contributed by atoms with Crippen LogP contribution in [0, 0.1) is 5.92 Å². The molecule has 0 saturated carbocycles. The molecule has 1 aliphatic rings. The SMILES string of the molecule is CN=C(NCc1cc(C(C)C)no1)N(C)CC1CCOC1. The highest BCUT2D eigenvalue weighted by atomic mass is 16.5. The van der Waals surface area contributed by atoms with Gasteiger partial charge in [-0.15, -0.1) is 0 Å². The summed E-state index contributed by atoms with van der Waals surface area (Å²) in [7, 11) is 3.84. The van der Waals surface area contributed by atoms with Crippen LogP contribution in [0.4, 0.5) is 0 Å². The van der Waals surface area contributed by atoms with Gasteiger partial charge >= 0.3 is 0 Å². The van der Waals surface area contributed by atoms with Crippen LogP contribution in [0.15, 0.2) is 15.6 Å². The van der Waals surface area contributed by atoms with Crippen molar-refractivity contribution in [3.63, 3.8) is 0 Å². The lowest BCUT2D eigenvalue weighted by Crippen LogP contribution is -2.41. The van der Waals surface area contributed by atoms with E-state index in [0.29, 0.717) is 18.4 Å². The monoisotopic (exact) mass is 294 g/mol. The van der Waals surface area contributed by atoms with Crippen LogP contribution in [0.5, 0.6) is 0 Å². The summed E-state index contributed by atoms with van der Waals surface area (Å²) in [4.78, 5) is 6.45. The fourth-order valence-corrected chi connectivity index (χ4v) is 2.44. The molecule has 1 aliphatic heterocycles. The average Bonchev–Trinajstić information content (AvgIpc) is 3.10. The summed E-state index contributed by atoms with van der Waals surface area (Å²) in [5.74, 6) is 2.67. The van der Waals surface area contributed by atoms with Gasteiger partial charge in [0, 0.05) is 39.2 Å². The van der Waals surface area contributed by atoms with E-state index in [4.69, 9.17) is 9.26 Å². The average molecular weight is 294 g/mol. The Labute approximate surface area is 126 Å². The fourth-order valence-electron chi connectivity index (χ4n) is 2.44. The standard InChI is InChI=1S/C15H26N4O2/c1-11(2)14-7-13(21-18-14)8-17-15(16-3)19(4)9-12-5-6-20-10-12/h7,11-12H,5-6,8-10H2,1-4H3,(H,16,17). The van der Waals surface area contributed by atoms with Gasteiger partial charge in [-0.1, -0.05) is 19.0 Å². The van der Waals surface area contributed by atoms with Crippen molar-refractivity contribution in [2.75, 3.05) is 33.9 Å². The number of hydrogen-bond acceptors (Lipinski definition) is 4. The molecule has 1 saturated heterocycles. The first kappa shape index (κ1) is 15.8. The van der Waals surface area contributed by atoms with Gasteiger partial charge in [0.15, 0.2) is 11.7 Å². The lowest BCUT2D eigenvalue weighted by Gasteiger charge is -2.24. The predicted molar refractivity (Wildman–Crippen MR) is 82.3 cm³/mol. The van der Waals surface area contributed by atoms with Gasteiger partial charge in [-0.3, -0.25) is 4.99 Å². The first-order chi connectivity index (χ1) is 10.1. The Bertz CT molecular complexity index is 464. The number of aromatic nitrogens is 1. The maximum atomic E-state index is 5.42. The van der Waals surface area contributed by atoms with Gasteiger partial charge in [0.2, 0.25) is 0 Å². The highest BCUT2D eigenvalue weighted by Gasteiger charge is 2.19. The minimum atomic E-state index is 0.381. The topological polar surface area (TPSA) is 62.9 Å². The van der Waals surface area contributed by atoms with Gasteiger partial charge in [-0.25, -0.2) is 0 Å². The van der Waals surface area contributed by atoms with Crippen LogP contribution >= 0.6 is 0 Å². The zero-order chi connectivity index (χ0) is 15.2. The van der Waals surface area contributed by atoms with Crippen molar-refractivity contribution in [3.8, 4) is 0 Å². The largest absolute Gasteiger partial charge is 0.381 e. The zero-order valence-corrected chi connectivity index (χ0v) is 13.4. The number of nitrogens with zero attached hydrogens (tertiary/aromatic N) is 3. The van der Waals surface area contributed by atoms with Crippen LogP contribution in [0.3, 0.4) is 0 Å². The summed E-state index contributed by atoms with van der Waals surface area (Å²) in [6, 6.07) is 2.00. The molecule has 6 heteroatoms. The Morgan fingerprint density at radius 1 is 1.57 bits per heavy atom. The molecule has 2 rings (SSSR count). The molecular formula is C15H26N4O2. The molecular weight excluding hydrogens is 268 g/mol. The highest BCUT2D eigenvalue weighted by molar-refractivity contribution is 5.79. The predicted octanol–water partition coefficient (Wildman–Crippen LogP) is 1.84. The molecule has 1 fully saturated rings. The van der Waals surface area contributed by atoms with E-state index in [1.807, 2.05) is 13.1 Å². The van der Waals surface area contributed by atoms with Crippen molar-refractivity contribution in [2.24, 2.45) is 10.9 Å². The molecule has 0 radical (unpaired) electrons. The maximum absolute atomic E-state index is 5.42. The molecule has 1 unspecified atom stereocenters. The van der Waals surface area contributed by atoms with Gasteiger partial charge in [0.25, 0.3) is 0 Å². The maximum Gasteiger partial charge on any atom is 0.193 e. The first-order valence-electron chi connectivity index (χ1n) is 7.55. The molecule has 0 aliphatic carbocycles. The van der Waals surface area contributed by atoms with Gasteiger partial charge in [0.1, 0.15) is 0 Å². The van der Waals surface area contributed by atoms with E-state index in [-0.39, 0.29) is 0 Å². The van der Waals surface area contributed by atoms with E-state index in [1.165, 1.54) is 0 Å². The molecule has 21 heavy (non-hydrogen) atoms. The van der Waals surface area contributed by atoms with Crippen molar-refractivity contribution in [3.05, 3.63) is 17.5 Å². The summed E-state index contributed by atoms with van der Waals surface area (Å²) in [5, 5.41) is 7.38. The summed E-state index contributed by atoms with van der Waals surface area (Å²) in [6.45, 7) is 7.48. The van der Waals surface area contributed by atoms with Crippen LogP contribution < -0.4 is 5.32 Å². The summed E-state index contributed by atoms with van der Waals surface area (Å²) < 4.78 is 10.7. The molecule has 0 amide bonds. The Morgan fingerprint density at radius 3 is 2.95 bits per heavy atom. The normalized spacial score (nSPS) is 19.3. The van der Waals surface area contributed by atoms with Crippen LogP contribution in [0.1, 0.15) is 37.6 Å². The van der Waals surface area contributed by atoms with E-state index >= 15 is 0 Å². The molecule has 1 atom stereocenters. The summed E-state index contributed by atoms with van der Waals surface area (Å²) in [6.07, 6.45) is 1.13. The molecule has 0 bridgehead atoms. The quantitative estimate of drug-likeness (QED) is 0.663. The minimum Gasteiger partial charge on any atom is -0.381 e. The number of guanidine groups is 1. The van der Waals surface area contributed by atoms with E-state index in [0.717, 1.165) is 43.6 Å². The van der Waals surface area contributed by atoms with Gasteiger partial charge in [-0.2, -0.15) is 0 Å². The van der Waals surface area contributed by atoms with Gasteiger partial charge in [-0.05, 0) is 12.3 Å². The number of aliphatic imine (C=N–C) groups is 1. The third kappa shape index (κ3) is 4.46. The number of nitrogens with one attached hydrogen (secondary N) is 1. The second-order valence-corrected chi connectivity index (χ2v) is 5.88. The van der Waals surface area contributed by atoms with Crippen molar-refractivity contribution >= 4 is 5.96 Å². The van der Waals surface area contributed by atoms with E-state index in [2.05, 4.69) is 34.2 Å². The molecule has 2 heterocycles. The van der Waals surface area contributed by atoms with Crippen molar-refractivity contribution in [1.29, 1.82) is 0 Å². The van der Waals surface area contributed by atoms with Crippen LogP contribution in [-0.4, -0.2) is 49.9 Å². The first-order valence-corrected chi connectivity index (χ1v) is 7.55. The molecule has 1 aromatic heterocycles. The van der Waals surface area contributed by atoms with Crippen molar-refractivity contribution in [1.82, 2.24) is 15.4 Å². The second-order valence-electron chi connectivity index (χ2n) is 5.88. The third-order valence-corrected chi connectivity index (χ3v) is 3.72. The third-order valence-electron chi connectivity index (χ3n) is 3.72. The number of hydrogen-bond donors (Lipinski definition) is 1. The molecule has 0 aromatic carbocycles. The molecule has 1 N–H and O–H groups in total. The van der Waals surface area contributed by atoms with E-state index in [9.17, 15) is 0 Å². The zero-order valence-electron chi connectivity index (χ0n) is 13.4.